The molecule has 0 spiro atoms. The Hall–Kier alpha value is -2.82. The van der Waals surface area contributed by atoms with E-state index in [0.29, 0.717) is 22.9 Å². The molecular formula is C20H22N2O3. The zero-order valence-corrected chi connectivity index (χ0v) is 14.9. The fraction of sp³-hybridized carbons (Fsp3) is 0.300. The first kappa shape index (κ1) is 17.0. The number of benzene rings is 2. The number of carbonyl (C=O) groups excluding carboxylic acids is 1. The third-order valence-corrected chi connectivity index (χ3v) is 4.03. The zero-order valence-electron chi connectivity index (χ0n) is 14.9. The molecule has 5 nitrogen and oxygen atoms in total. The minimum Gasteiger partial charge on any atom is -0.484 e. The van der Waals surface area contributed by atoms with Gasteiger partial charge in [0.25, 0.3) is 5.91 Å². The van der Waals surface area contributed by atoms with Gasteiger partial charge in [-0.1, -0.05) is 19.9 Å². The molecule has 0 saturated heterocycles. The number of nitrogens with zero attached hydrogens (tertiary/aromatic N) is 1. The molecule has 0 atom stereocenters. The van der Waals surface area contributed by atoms with Crippen molar-refractivity contribution in [1.82, 2.24) is 4.98 Å². The second-order valence-corrected chi connectivity index (χ2v) is 6.47. The van der Waals surface area contributed by atoms with E-state index in [4.69, 9.17) is 9.15 Å². The van der Waals surface area contributed by atoms with E-state index in [9.17, 15) is 4.79 Å². The van der Waals surface area contributed by atoms with Crippen LogP contribution < -0.4 is 10.1 Å². The van der Waals surface area contributed by atoms with E-state index in [0.717, 1.165) is 11.1 Å². The van der Waals surface area contributed by atoms with E-state index >= 15 is 0 Å². The van der Waals surface area contributed by atoms with Gasteiger partial charge in [0.15, 0.2) is 18.1 Å². The molecule has 0 radical (unpaired) electrons. The van der Waals surface area contributed by atoms with Gasteiger partial charge >= 0.3 is 0 Å². The molecule has 0 saturated carbocycles. The first-order valence-electron chi connectivity index (χ1n) is 8.33. The highest BCUT2D eigenvalue weighted by molar-refractivity contribution is 5.93. The van der Waals surface area contributed by atoms with Gasteiger partial charge < -0.3 is 14.5 Å². The van der Waals surface area contributed by atoms with Crippen molar-refractivity contribution in [2.75, 3.05) is 11.9 Å². The molecule has 3 aromatic rings. The van der Waals surface area contributed by atoms with Crippen LogP contribution in [0.5, 0.6) is 5.75 Å². The van der Waals surface area contributed by atoms with Crippen molar-refractivity contribution in [2.24, 2.45) is 0 Å². The number of oxazole rings is 1. The summed E-state index contributed by atoms with van der Waals surface area (Å²) >= 11 is 0. The lowest BCUT2D eigenvalue weighted by Gasteiger charge is -2.09. The maximum Gasteiger partial charge on any atom is 0.262 e. The predicted octanol–water partition coefficient (Wildman–Crippen LogP) is 4.59. The van der Waals surface area contributed by atoms with Crippen LogP contribution in [0.1, 0.15) is 36.8 Å². The predicted molar refractivity (Wildman–Crippen MR) is 98.1 cm³/mol. The second-order valence-electron chi connectivity index (χ2n) is 6.47. The number of carbonyl (C=O) groups is 1. The summed E-state index contributed by atoms with van der Waals surface area (Å²) in [6.07, 6.45) is 0. The van der Waals surface area contributed by atoms with Gasteiger partial charge in [-0.15, -0.1) is 0 Å². The van der Waals surface area contributed by atoms with Gasteiger partial charge in [-0.05, 0) is 55.3 Å². The Bertz CT molecular complexity index is 912. The lowest BCUT2D eigenvalue weighted by atomic mass is 10.1. The van der Waals surface area contributed by atoms with Crippen molar-refractivity contribution in [2.45, 2.75) is 33.6 Å². The average Bonchev–Trinajstić information content (AvgIpc) is 2.99. The summed E-state index contributed by atoms with van der Waals surface area (Å²) < 4.78 is 11.2. The van der Waals surface area contributed by atoms with Crippen LogP contribution in [0.2, 0.25) is 0 Å². The SMILES string of the molecule is Cc1ccc(OCC(=O)Nc2ccc3oc(C(C)C)nc3c2)cc1C. The third kappa shape index (κ3) is 3.99. The molecule has 0 aliphatic rings. The van der Waals surface area contributed by atoms with Crippen molar-refractivity contribution in [3.05, 3.63) is 53.4 Å². The Morgan fingerprint density at radius 1 is 1.16 bits per heavy atom. The molecule has 2 aromatic carbocycles. The van der Waals surface area contributed by atoms with Crippen LogP contribution in [-0.4, -0.2) is 17.5 Å². The number of aryl methyl sites for hydroxylation is 2. The van der Waals surface area contributed by atoms with Crippen molar-refractivity contribution < 1.29 is 13.9 Å². The summed E-state index contributed by atoms with van der Waals surface area (Å²) in [5, 5.41) is 2.82. The normalized spacial score (nSPS) is 11.1. The molecule has 0 aliphatic carbocycles. The summed E-state index contributed by atoms with van der Waals surface area (Å²) in [5.41, 5.74) is 4.45. The number of nitrogens with one attached hydrogen (secondary N) is 1. The molecule has 25 heavy (non-hydrogen) atoms. The summed E-state index contributed by atoms with van der Waals surface area (Å²) in [6.45, 7) is 8.06. The summed E-state index contributed by atoms with van der Waals surface area (Å²) in [5.74, 6) is 1.38. The minimum absolute atomic E-state index is 0.0450. The summed E-state index contributed by atoms with van der Waals surface area (Å²) in [6, 6.07) is 11.2. The lowest BCUT2D eigenvalue weighted by molar-refractivity contribution is -0.118. The van der Waals surface area contributed by atoms with E-state index in [-0.39, 0.29) is 18.4 Å². The zero-order chi connectivity index (χ0) is 18.0. The number of hydrogen-bond donors (Lipinski definition) is 1. The van der Waals surface area contributed by atoms with Crippen molar-refractivity contribution in [3.8, 4) is 5.75 Å². The molecule has 3 rings (SSSR count). The van der Waals surface area contributed by atoms with Gasteiger partial charge in [0.2, 0.25) is 0 Å². The molecule has 1 heterocycles. The molecule has 130 valence electrons. The summed E-state index contributed by atoms with van der Waals surface area (Å²) in [7, 11) is 0. The van der Waals surface area contributed by atoms with Crippen LogP contribution in [-0.2, 0) is 4.79 Å². The van der Waals surface area contributed by atoms with Crippen molar-refractivity contribution >= 4 is 22.7 Å². The highest BCUT2D eigenvalue weighted by Crippen LogP contribution is 2.23. The van der Waals surface area contributed by atoms with Gasteiger partial charge in [-0.2, -0.15) is 0 Å². The van der Waals surface area contributed by atoms with E-state index < -0.39 is 0 Å². The third-order valence-electron chi connectivity index (χ3n) is 4.03. The van der Waals surface area contributed by atoms with Crippen LogP contribution >= 0.6 is 0 Å². The van der Waals surface area contributed by atoms with Gasteiger partial charge in [0.05, 0.1) is 0 Å². The first-order valence-corrected chi connectivity index (χ1v) is 8.33. The van der Waals surface area contributed by atoms with Gasteiger partial charge in [-0.25, -0.2) is 4.98 Å². The molecule has 1 amide bonds. The highest BCUT2D eigenvalue weighted by atomic mass is 16.5. The molecule has 0 bridgehead atoms. The standard InChI is InChI=1S/C20H22N2O3/c1-12(2)20-22-17-10-15(6-8-18(17)25-20)21-19(23)11-24-16-7-5-13(3)14(4)9-16/h5-10,12H,11H2,1-4H3,(H,21,23). The van der Waals surface area contributed by atoms with Gasteiger partial charge in [0, 0.05) is 11.6 Å². The van der Waals surface area contributed by atoms with Crippen LogP contribution in [0.15, 0.2) is 40.8 Å². The maximum absolute atomic E-state index is 12.1. The molecule has 0 fully saturated rings. The fourth-order valence-corrected chi connectivity index (χ4v) is 2.42. The minimum atomic E-state index is -0.217. The van der Waals surface area contributed by atoms with Crippen LogP contribution in [0.3, 0.4) is 0 Å². The smallest absolute Gasteiger partial charge is 0.262 e. The Morgan fingerprint density at radius 3 is 2.68 bits per heavy atom. The topological polar surface area (TPSA) is 64.4 Å². The number of fused-ring (bicyclic) bond motifs is 1. The number of amides is 1. The average molecular weight is 338 g/mol. The van der Waals surface area contributed by atoms with Crippen LogP contribution in [0.4, 0.5) is 5.69 Å². The fourth-order valence-electron chi connectivity index (χ4n) is 2.42. The Balaban J connectivity index is 1.64. The number of hydrogen-bond acceptors (Lipinski definition) is 4. The Morgan fingerprint density at radius 2 is 1.96 bits per heavy atom. The molecule has 1 N–H and O–H groups in total. The van der Waals surface area contributed by atoms with E-state index in [1.54, 1.807) is 12.1 Å². The quantitative estimate of drug-likeness (QED) is 0.739. The highest BCUT2D eigenvalue weighted by Gasteiger charge is 2.11. The van der Waals surface area contributed by atoms with E-state index in [1.807, 2.05) is 52.0 Å². The molecule has 1 aromatic heterocycles. The number of anilines is 1. The Kier molecular flexibility index (Phi) is 4.74. The maximum atomic E-state index is 12.1. The van der Waals surface area contributed by atoms with E-state index in [1.165, 1.54) is 5.56 Å². The van der Waals surface area contributed by atoms with Crippen LogP contribution in [0.25, 0.3) is 11.1 Å². The number of ether oxygens (including phenoxy) is 1. The van der Waals surface area contributed by atoms with Crippen molar-refractivity contribution in [3.63, 3.8) is 0 Å². The molecule has 5 heteroatoms. The Labute approximate surface area is 147 Å². The van der Waals surface area contributed by atoms with Gasteiger partial charge in [-0.3, -0.25) is 4.79 Å². The summed E-state index contributed by atoms with van der Waals surface area (Å²) in [4.78, 5) is 16.5. The molecule has 0 aliphatic heterocycles. The largest absolute Gasteiger partial charge is 0.484 e. The van der Waals surface area contributed by atoms with Crippen molar-refractivity contribution in [1.29, 1.82) is 0 Å². The lowest BCUT2D eigenvalue weighted by Crippen LogP contribution is -2.20. The monoisotopic (exact) mass is 338 g/mol. The molecule has 0 unspecified atom stereocenters. The van der Waals surface area contributed by atoms with Gasteiger partial charge in [0.1, 0.15) is 11.3 Å². The molecular weight excluding hydrogens is 316 g/mol. The second kappa shape index (κ2) is 6.97. The van der Waals surface area contributed by atoms with E-state index in [2.05, 4.69) is 10.3 Å². The number of rotatable bonds is 5. The van der Waals surface area contributed by atoms with Crippen LogP contribution in [0, 0.1) is 13.8 Å². The number of aromatic nitrogens is 1. The first-order chi connectivity index (χ1) is 11.9.